The van der Waals surface area contributed by atoms with Crippen molar-refractivity contribution in [3.63, 3.8) is 0 Å². The molecule has 32 heavy (non-hydrogen) atoms. The van der Waals surface area contributed by atoms with Crippen molar-refractivity contribution in [2.24, 2.45) is 0 Å². The van der Waals surface area contributed by atoms with Crippen LogP contribution in [-0.4, -0.2) is 19.2 Å². The molecule has 0 aliphatic carbocycles. The van der Waals surface area contributed by atoms with E-state index >= 15 is 0 Å². The second-order valence-corrected chi connectivity index (χ2v) is 8.63. The highest BCUT2D eigenvalue weighted by atomic mass is 35.5. The molecule has 5 rings (SSSR count). The highest BCUT2D eigenvalue weighted by Crippen LogP contribution is 2.29. The van der Waals surface area contributed by atoms with Crippen LogP contribution in [0.1, 0.15) is 18.1 Å². The molecule has 0 atom stereocenters. The zero-order valence-corrected chi connectivity index (χ0v) is 18.7. The molecule has 0 aliphatic heterocycles. The lowest BCUT2D eigenvalue weighted by molar-refractivity contribution is 0.617. The Morgan fingerprint density at radius 3 is 2.53 bits per heavy atom. The van der Waals surface area contributed by atoms with E-state index in [2.05, 4.69) is 17.1 Å². The largest absolute Gasteiger partial charge is 0.268 e. The highest BCUT2D eigenvalue weighted by molar-refractivity contribution is 7.98. The molecule has 0 bridgehead atoms. The van der Waals surface area contributed by atoms with E-state index in [9.17, 15) is 9.18 Å². The zero-order chi connectivity index (χ0) is 22.2. The number of para-hydroxylation sites is 1. The number of hydrogen-bond acceptors (Lipinski definition) is 4. The van der Waals surface area contributed by atoms with Gasteiger partial charge in [0.2, 0.25) is 5.78 Å². The van der Waals surface area contributed by atoms with Crippen molar-refractivity contribution >= 4 is 40.0 Å². The quantitative estimate of drug-likeness (QED) is 0.314. The maximum atomic E-state index is 14.3. The first-order valence-electron chi connectivity index (χ1n) is 10.1. The summed E-state index contributed by atoms with van der Waals surface area (Å²) in [5.41, 5.74) is 2.82. The third-order valence-corrected chi connectivity index (χ3v) is 6.71. The van der Waals surface area contributed by atoms with E-state index in [4.69, 9.17) is 11.6 Å². The first kappa shape index (κ1) is 20.7. The first-order chi connectivity index (χ1) is 15.6. The van der Waals surface area contributed by atoms with Crippen LogP contribution in [0.25, 0.3) is 22.4 Å². The Kier molecular flexibility index (Phi) is 5.45. The number of nitrogens with zero attached hydrogens (tertiary/aromatic N) is 4. The van der Waals surface area contributed by atoms with Crippen molar-refractivity contribution < 1.29 is 4.39 Å². The lowest BCUT2D eigenvalue weighted by Gasteiger charge is -2.12. The van der Waals surface area contributed by atoms with E-state index in [1.54, 1.807) is 22.8 Å². The number of hydrogen-bond donors (Lipinski definition) is 0. The molecule has 0 N–H and O–H groups in total. The number of fused-ring (bicyclic) bond motifs is 3. The monoisotopic (exact) mass is 464 g/mol. The van der Waals surface area contributed by atoms with Gasteiger partial charge in [-0.15, -0.1) is 10.2 Å². The summed E-state index contributed by atoms with van der Waals surface area (Å²) >= 11 is 7.51. The first-order valence-corrected chi connectivity index (χ1v) is 11.5. The van der Waals surface area contributed by atoms with E-state index < -0.39 is 0 Å². The highest BCUT2D eigenvalue weighted by Gasteiger charge is 2.18. The minimum Gasteiger partial charge on any atom is -0.268 e. The number of aryl methyl sites for hydroxylation is 1. The van der Waals surface area contributed by atoms with Gasteiger partial charge >= 0.3 is 0 Å². The summed E-state index contributed by atoms with van der Waals surface area (Å²) < 4.78 is 17.7. The van der Waals surface area contributed by atoms with Gasteiger partial charge in [-0.3, -0.25) is 9.20 Å². The molecule has 0 spiro atoms. The summed E-state index contributed by atoms with van der Waals surface area (Å²) in [5, 5.41) is 10.1. The van der Waals surface area contributed by atoms with Crippen molar-refractivity contribution in [1.29, 1.82) is 0 Å². The molecule has 5 nitrogen and oxygen atoms in total. The Balaban J connectivity index is 1.70. The molecule has 2 heterocycles. The SMILES string of the molecule is CCc1ccc(-n2c(=O)c3ccccc3n3c(SCc4c(F)cccc4Cl)nnc23)cc1. The van der Waals surface area contributed by atoms with Crippen LogP contribution < -0.4 is 5.56 Å². The number of aromatic nitrogens is 4. The molecular weight excluding hydrogens is 447 g/mol. The number of halogens is 2. The van der Waals surface area contributed by atoms with Crippen LogP contribution in [0.4, 0.5) is 4.39 Å². The van der Waals surface area contributed by atoms with E-state index in [1.807, 2.05) is 46.9 Å². The third-order valence-electron chi connectivity index (χ3n) is 5.40. The molecule has 3 aromatic carbocycles. The van der Waals surface area contributed by atoms with Gasteiger partial charge in [0.15, 0.2) is 5.16 Å². The Hall–Kier alpha value is -3.16. The van der Waals surface area contributed by atoms with Crippen molar-refractivity contribution in [3.05, 3.63) is 99.1 Å². The number of benzene rings is 3. The van der Waals surface area contributed by atoms with Gasteiger partial charge in [-0.05, 0) is 48.4 Å². The molecule has 5 aromatic rings. The van der Waals surface area contributed by atoms with Gasteiger partial charge in [0.25, 0.3) is 5.56 Å². The van der Waals surface area contributed by atoms with Gasteiger partial charge in [0.1, 0.15) is 5.82 Å². The lowest BCUT2D eigenvalue weighted by atomic mass is 10.1. The van der Waals surface area contributed by atoms with Crippen LogP contribution in [-0.2, 0) is 12.2 Å². The van der Waals surface area contributed by atoms with Crippen LogP contribution in [0.15, 0.2) is 76.7 Å². The Morgan fingerprint density at radius 1 is 1.00 bits per heavy atom. The summed E-state index contributed by atoms with van der Waals surface area (Å²) in [5.74, 6) is 0.321. The van der Waals surface area contributed by atoms with E-state index in [1.165, 1.54) is 23.4 Å². The maximum Gasteiger partial charge on any atom is 0.267 e. The van der Waals surface area contributed by atoms with Gasteiger partial charge < -0.3 is 0 Å². The Morgan fingerprint density at radius 2 is 1.78 bits per heavy atom. The summed E-state index contributed by atoms with van der Waals surface area (Å²) in [6.45, 7) is 2.08. The van der Waals surface area contributed by atoms with E-state index in [-0.39, 0.29) is 17.1 Å². The van der Waals surface area contributed by atoms with Gasteiger partial charge in [0.05, 0.1) is 16.6 Å². The molecule has 160 valence electrons. The molecule has 0 saturated carbocycles. The Labute approximate surface area is 192 Å². The third kappa shape index (κ3) is 3.47. The summed E-state index contributed by atoms with van der Waals surface area (Å²) in [6.07, 6.45) is 0.909. The van der Waals surface area contributed by atoms with Crippen molar-refractivity contribution in [2.45, 2.75) is 24.3 Å². The Bertz CT molecular complexity index is 1490. The second-order valence-electron chi connectivity index (χ2n) is 7.28. The van der Waals surface area contributed by atoms with Crippen LogP contribution in [0.5, 0.6) is 0 Å². The molecule has 0 fully saturated rings. The second kappa shape index (κ2) is 8.41. The lowest BCUT2D eigenvalue weighted by Crippen LogP contribution is -2.21. The minimum absolute atomic E-state index is 0.168. The summed E-state index contributed by atoms with van der Waals surface area (Å²) in [6, 6.07) is 19.8. The maximum absolute atomic E-state index is 14.3. The molecule has 0 amide bonds. The van der Waals surface area contributed by atoms with E-state index in [0.717, 1.165) is 6.42 Å². The molecule has 2 aromatic heterocycles. The van der Waals surface area contributed by atoms with Gasteiger partial charge in [-0.1, -0.05) is 60.6 Å². The average Bonchev–Trinajstić information content (AvgIpc) is 3.23. The van der Waals surface area contributed by atoms with E-state index in [0.29, 0.717) is 38.1 Å². The minimum atomic E-state index is -0.364. The standard InChI is InChI=1S/C24H18ClFN4OS/c1-2-15-10-12-16(13-11-15)29-22(31)17-6-3-4-9-21(17)30-23(29)27-28-24(30)32-14-18-19(25)7-5-8-20(18)26/h3-13H,2,14H2,1H3. The van der Waals surface area contributed by atoms with Crippen molar-refractivity contribution in [3.8, 4) is 5.69 Å². The predicted octanol–water partition coefficient (Wildman–Crippen LogP) is 5.68. The number of thioether (sulfide) groups is 1. The predicted molar refractivity (Wildman–Crippen MR) is 126 cm³/mol. The fourth-order valence-corrected chi connectivity index (χ4v) is 4.98. The molecule has 0 radical (unpaired) electrons. The fourth-order valence-electron chi connectivity index (χ4n) is 3.69. The van der Waals surface area contributed by atoms with Gasteiger partial charge in [-0.25, -0.2) is 8.96 Å². The molecular formula is C24H18ClFN4OS. The molecule has 0 unspecified atom stereocenters. The molecule has 0 saturated heterocycles. The van der Waals surface area contributed by atoms with Crippen LogP contribution >= 0.6 is 23.4 Å². The van der Waals surface area contributed by atoms with Crippen LogP contribution in [0.3, 0.4) is 0 Å². The summed E-state index contributed by atoms with van der Waals surface area (Å²) in [4.78, 5) is 13.4. The topological polar surface area (TPSA) is 52.2 Å². The normalized spacial score (nSPS) is 11.5. The number of rotatable bonds is 5. The van der Waals surface area contributed by atoms with Gasteiger partial charge in [-0.2, -0.15) is 0 Å². The summed E-state index contributed by atoms with van der Waals surface area (Å²) in [7, 11) is 0. The average molecular weight is 465 g/mol. The van der Waals surface area contributed by atoms with Crippen LogP contribution in [0, 0.1) is 5.82 Å². The van der Waals surface area contributed by atoms with Crippen LogP contribution in [0.2, 0.25) is 5.02 Å². The van der Waals surface area contributed by atoms with Gasteiger partial charge in [0, 0.05) is 16.3 Å². The van der Waals surface area contributed by atoms with Crippen molar-refractivity contribution in [2.75, 3.05) is 0 Å². The van der Waals surface area contributed by atoms with Crippen molar-refractivity contribution in [1.82, 2.24) is 19.2 Å². The molecule has 8 heteroatoms. The zero-order valence-electron chi connectivity index (χ0n) is 17.1. The smallest absolute Gasteiger partial charge is 0.267 e. The molecule has 0 aliphatic rings. The fraction of sp³-hybridized carbons (Fsp3) is 0.125.